The Morgan fingerprint density at radius 2 is 1.23 bits per heavy atom. The van der Waals surface area contributed by atoms with Gasteiger partial charge in [0.15, 0.2) is 0 Å². The van der Waals surface area contributed by atoms with Gasteiger partial charge in [0.1, 0.15) is 24.3 Å². The zero-order valence-electron chi connectivity index (χ0n) is 12.7. The molecule has 2 unspecified atom stereocenters. The molecule has 2 aliphatic rings. The third-order valence-electron chi connectivity index (χ3n) is 3.84. The van der Waals surface area contributed by atoms with E-state index < -0.39 is 11.1 Å². The van der Waals surface area contributed by atoms with Gasteiger partial charge in [0, 0.05) is 11.1 Å². The third-order valence-corrected chi connectivity index (χ3v) is 3.84. The Bertz CT molecular complexity index is 571. The molecule has 3 rings (SSSR count). The largest absolute Gasteiger partial charge is 0.475 e. The van der Waals surface area contributed by atoms with E-state index in [4.69, 9.17) is 9.47 Å². The van der Waals surface area contributed by atoms with Crippen LogP contribution in [0.15, 0.2) is 34.3 Å². The fourth-order valence-electron chi connectivity index (χ4n) is 2.28. The molecule has 1 aromatic rings. The van der Waals surface area contributed by atoms with Gasteiger partial charge in [0.2, 0.25) is 11.8 Å². The molecule has 6 nitrogen and oxygen atoms in total. The van der Waals surface area contributed by atoms with Crippen LogP contribution in [0.1, 0.15) is 25.0 Å². The molecule has 0 bridgehead atoms. The van der Waals surface area contributed by atoms with E-state index in [0.29, 0.717) is 25.0 Å². The van der Waals surface area contributed by atoms with Gasteiger partial charge in [-0.25, -0.2) is 9.98 Å². The predicted molar refractivity (Wildman–Crippen MR) is 82.4 cm³/mol. The van der Waals surface area contributed by atoms with Gasteiger partial charge in [-0.15, -0.1) is 0 Å². The van der Waals surface area contributed by atoms with Crippen molar-refractivity contribution in [2.75, 3.05) is 26.4 Å². The lowest BCUT2D eigenvalue weighted by Crippen LogP contribution is -2.28. The molecule has 0 radical (unpaired) electrons. The molecule has 0 aromatic heterocycles. The normalized spacial score (nSPS) is 30.5. The van der Waals surface area contributed by atoms with Crippen molar-refractivity contribution in [3.63, 3.8) is 0 Å². The molecule has 1 aromatic carbocycles. The van der Waals surface area contributed by atoms with Gasteiger partial charge in [0.05, 0.1) is 13.2 Å². The Balaban J connectivity index is 1.80. The molecule has 0 saturated heterocycles. The summed E-state index contributed by atoms with van der Waals surface area (Å²) < 4.78 is 11.1. The van der Waals surface area contributed by atoms with Gasteiger partial charge in [-0.3, -0.25) is 0 Å². The fraction of sp³-hybridized carbons (Fsp3) is 0.500. The number of aliphatic hydroxyl groups is 2. The summed E-state index contributed by atoms with van der Waals surface area (Å²) in [5.74, 6) is 1.08. The summed E-state index contributed by atoms with van der Waals surface area (Å²) in [5, 5.41) is 18.6. The Morgan fingerprint density at radius 3 is 1.50 bits per heavy atom. The van der Waals surface area contributed by atoms with E-state index in [2.05, 4.69) is 9.98 Å². The van der Waals surface area contributed by atoms with Crippen LogP contribution in [-0.2, 0) is 9.47 Å². The van der Waals surface area contributed by atoms with Crippen LogP contribution in [0.5, 0.6) is 0 Å². The van der Waals surface area contributed by atoms with Crippen LogP contribution in [0, 0.1) is 0 Å². The Morgan fingerprint density at radius 1 is 0.864 bits per heavy atom. The van der Waals surface area contributed by atoms with Crippen molar-refractivity contribution in [2.45, 2.75) is 24.9 Å². The number of hydrogen-bond acceptors (Lipinski definition) is 6. The highest BCUT2D eigenvalue weighted by atomic mass is 16.5. The summed E-state index contributed by atoms with van der Waals surface area (Å²) in [7, 11) is 0. The van der Waals surface area contributed by atoms with Gasteiger partial charge < -0.3 is 19.7 Å². The lowest BCUT2D eigenvalue weighted by molar-refractivity contribution is 0.170. The Kier molecular flexibility index (Phi) is 3.66. The first-order valence-corrected chi connectivity index (χ1v) is 7.25. The van der Waals surface area contributed by atoms with Crippen molar-refractivity contribution in [3.05, 3.63) is 35.4 Å². The SMILES string of the molecule is CC1(CO)COC(c2ccc(C3=NC(C)(CO)CO3)cc2)=N1. The Labute approximate surface area is 129 Å². The second-order valence-electron chi connectivity index (χ2n) is 6.30. The first kappa shape index (κ1) is 15.0. The highest BCUT2D eigenvalue weighted by molar-refractivity contribution is 5.99. The van der Waals surface area contributed by atoms with E-state index >= 15 is 0 Å². The predicted octanol–water partition coefficient (Wildman–Crippen LogP) is 0.742. The van der Waals surface area contributed by atoms with Crippen LogP contribution in [0.25, 0.3) is 0 Å². The first-order valence-electron chi connectivity index (χ1n) is 7.25. The van der Waals surface area contributed by atoms with Crippen molar-refractivity contribution in [1.29, 1.82) is 0 Å². The molecule has 2 atom stereocenters. The minimum Gasteiger partial charge on any atom is -0.475 e. The molecule has 118 valence electrons. The summed E-state index contributed by atoms with van der Waals surface area (Å²) in [4.78, 5) is 8.84. The monoisotopic (exact) mass is 304 g/mol. The van der Waals surface area contributed by atoms with Gasteiger partial charge in [-0.1, -0.05) is 0 Å². The average Bonchev–Trinajstić information content (AvgIpc) is 3.13. The summed E-state index contributed by atoms with van der Waals surface area (Å²) in [5.41, 5.74) is 0.583. The van der Waals surface area contributed by atoms with E-state index in [1.54, 1.807) is 0 Å². The highest BCUT2D eigenvalue weighted by Gasteiger charge is 2.33. The number of aliphatic imine (C=N–C) groups is 2. The van der Waals surface area contributed by atoms with Crippen molar-refractivity contribution < 1.29 is 19.7 Å². The van der Waals surface area contributed by atoms with Crippen LogP contribution < -0.4 is 0 Å². The Hall–Kier alpha value is -1.92. The molecule has 2 heterocycles. The zero-order chi connectivity index (χ0) is 15.8. The molecule has 0 saturated carbocycles. The zero-order valence-corrected chi connectivity index (χ0v) is 12.7. The number of rotatable bonds is 4. The summed E-state index contributed by atoms with van der Waals surface area (Å²) in [6.45, 7) is 4.38. The quantitative estimate of drug-likeness (QED) is 0.859. The number of aliphatic hydroxyl groups excluding tert-OH is 2. The molecular formula is C16H20N2O4. The maximum absolute atomic E-state index is 9.31. The smallest absolute Gasteiger partial charge is 0.216 e. The van der Waals surface area contributed by atoms with Crippen LogP contribution in [0.3, 0.4) is 0 Å². The van der Waals surface area contributed by atoms with E-state index in [0.717, 1.165) is 11.1 Å². The molecule has 22 heavy (non-hydrogen) atoms. The molecular weight excluding hydrogens is 284 g/mol. The van der Waals surface area contributed by atoms with Gasteiger partial charge >= 0.3 is 0 Å². The van der Waals surface area contributed by atoms with E-state index in [9.17, 15) is 10.2 Å². The van der Waals surface area contributed by atoms with Crippen molar-refractivity contribution in [2.24, 2.45) is 9.98 Å². The fourth-order valence-corrected chi connectivity index (χ4v) is 2.28. The van der Waals surface area contributed by atoms with Crippen LogP contribution in [0.4, 0.5) is 0 Å². The number of ether oxygens (including phenoxy) is 2. The molecule has 0 spiro atoms. The minimum atomic E-state index is -0.560. The topological polar surface area (TPSA) is 83.6 Å². The standard InChI is InChI=1S/C16H20N2O4/c1-15(7-19)9-21-13(17-15)11-3-5-12(6-4-11)14-18-16(2,8-20)10-22-14/h3-6,19-20H,7-10H2,1-2H3. The molecule has 0 fully saturated rings. The minimum absolute atomic E-state index is 0.0427. The van der Waals surface area contributed by atoms with Crippen LogP contribution in [-0.4, -0.2) is 59.5 Å². The van der Waals surface area contributed by atoms with Crippen LogP contribution >= 0.6 is 0 Å². The average molecular weight is 304 g/mol. The second-order valence-corrected chi connectivity index (χ2v) is 6.30. The number of benzene rings is 1. The van der Waals surface area contributed by atoms with E-state index in [1.165, 1.54) is 0 Å². The van der Waals surface area contributed by atoms with Crippen molar-refractivity contribution in [3.8, 4) is 0 Å². The van der Waals surface area contributed by atoms with Gasteiger partial charge in [-0.2, -0.15) is 0 Å². The lowest BCUT2D eigenvalue weighted by Gasteiger charge is -2.12. The number of nitrogens with zero attached hydrogens (tertiary/aromatic N) is 2. The molecule has 6 heteroatoms. The maximum atomic E-state index is 9.31. The van der Waals surface area contributed by atoms with Crippen LogP contribution in [0.2, 0.25) is 0 Å². The van der Waals surface area contributed by atoms with Crippen molar-refractivity contribution >= 4 is 11.8 Å². The highest BCUT2D eigenvalue weighted by Crippen LogP contribution is 2.23. The molecule has 2 N–H and O–H groups in total. The summed E-state index contributed by atoms with van der Waals surface area (Å²) >= 11 is 0. The summed E-state index contributed by atoms with van der Waals surface area (Å²) in [6.07, 6.45) is 0. The van der Waals surface area contributed by atoms with E-state index in [-0.39, 0.29) is 13.2 Å². The molecule has 2 aliphatic heterocycles. The van der Waals surface area contributed by atoms with Crippen molar-refractivity contribution in [1.82, 2.24) is 0 Å². The first-order chi connectivity index (χ1) is 10.5. The third kappa shape index (κ3) is 2.71. The van der Waals surface area contributed by atoms with Gasteiger partial charge in [-0.05, 0) is 38.1 Å². The molecule has 0 amide bonds. The summed E-state index contributed by atoms with van der Waals surface area (Å²) in [6, 6.07) is 7.55. The lowest BCUT2D eigenvalue weighted by atomic mass is 10.1. The second kappa shape index (κ2) is 5.37. The molecule has 0 aliphatic carbocycles. The maximum Gasteiger partial charge on any atom is 0.216 e. The van der Waals surface area contributed by atoms with Gasteiger partial charge in [0.25, 0.3) is 0 Å². The number of hydrogen-bond donors (Lipinski definition) is 2. The van der Waals surface area contributed by atoms with E-state index in [1.807, 2.05) is 38.1 Å².